The lowest BCUT2D eigenvalue weighted by Gasteiger charge is -2.32. The summed E-state index contributed by atoms with van der Waals surface area (Å²) >= 11 is 11.7. The van der Waals surface area contributed by atoms with E-state index in [0.717, 1.165) is 24.0 Å². The van der Waals surface area contributed by atoms with Crippen molar-refractivity contribution in [2.45, 2.75) is 24.3 Å². The van der Waals surface area contributed by atoms with E-state index in [4.69, 9.17) is 28.6 Å². The van der Waals surface area contributed by atoms with Crippen molar-refractivity contribution in [2.24, 2.45) is 0 Å². The molecule has 1 amide bonds. The van der Waals surface area contributed by atoms with Crippen LogP contribution in [-0.4, -0.2) is 17.5 Å². The predicted octanol–water partition coefficient (Wildman–Crippen LogP) is 2.70. The highest BCUT2D eigenvalue weighted by atomic mass is 35.5. The van der Waals surface area contributed by atoms with Crippen molar-refractivity contribution < 1.29 is 9.53 Å². The quantitative estimate of drug-likeness (QED) is 0.635. The Hall–Kier alpha value is -0.970. The van der Waals surface area contributed by atoms with E-state index in [2.05, 4.69) is 5.32 Å². The number of carbonyl (C=O) groups is 1. The molecule has 2 aliphatic heterocycles. The Morgan fingerprint density at radius 2 is 2.22 bits per heavy atom. The maximum Gasteiger partial charge on any atom is 0.257 e. The SMILES string of the molecule is O=C1NC(=S)c2cccc(C3(Cl)CCCCO3)c21. The van der Waals surface area contributed by atoms with Gasteiger partial charge in [-0.25, -0.2) is 0 Å². The van der Waals surface area contributed by atoms with Gasteiger partial charge in [-0.2, -0.15) is 0 Å². The molecule has 0 radical (unpaired) electrons. The van der Waals surface area contributed by atoms with E-state index in [1.807, 2.05) is 18.2 Å². The van der Waals surface area contributed by atoms with Crippen LogP contribution in [0.4, 0.5) is 0 Å². The van der Waals surface area contributed by atoms with Crippen molar-refractivity contribution in [3.05, 3.63) is 34.9 Å². The zero-order chi connectivity index (χ0) is 12.8. The minimum absolute atomic E-state index is 0.181. The summed E-state index contributed by atoms with van der Waals surface area (Å²) in [5.74, 6) is -0.181. The van der Waals surface area contributed by atoms with Crippen molar-refractivity contribution in [1.82, 2.24) is 5.32 Å². The normalized spacial score (nSPS) is 26.9. The highest BCUT2D eigenvalue weighted by molar-refractivity contribution is 7.80. The van der Waals surface area contributed by atoms with Crippen LogP contribution in [0.5, 0.6) is 0 Å². The van der Waals surface area contributed by atoms with Crippen LogP contribution >= 0.6 is 23.8 Å². The van der Waals surface area contributed by atoms with Crippen molar-refractivity contribution in [3.8, 4) is 0 Å². The van der Waals surface area contributed by atoms with Gasteiger partial charge >= 0.3 is 0 Å². The molecule has 18 heavy (non-hydrogen) atoms. The summed E-state index contributed by atoms with van der Waals surface area (Å²) in [4.78, 5) is 12.4. The van der Waals surface area contributed by atoms with Gasteiger partial charge in [-0.1, -0.05) is 42.0 Å². The van der Waals surface area contributed by atoms with E-state index in [1.165, 1.54) is 0 Å². The number of ether oxygens (including phenoxy) is 1. The van der Waals surface area contributed by atoms with Gasteiger partial charge < -0.3 is 10.1 Å². The number of alkyl halides is 1. The zero-order valence-electron chi connectivity index (χ0n) is 9.66. The first-order valence-electron chi connectivity index (χ1n) is 5.94. The Balaban J connectivity index is 2.14. The second-order valence-corrected chi connectivity index (χ2v) is 5.56. The molecule has 2 aliphatic rings. The Labute approximate surface area is 115 Å². The fourth-order valence-corrected chi connectivity index (χ4v) is 3.13. The van der Waals surface area contributed by atoms with E-state index in [-0.39, 0.29) is 5.91 Å². The van der Waals surface area contributed by atoms with Gasteiger partial charge in [-0.3, -0.25) is 4.79 Å². The monoisotopic (exact) mass is 281 g/mol. The average Bonchev–Trinajstić information content (AvgIpc) is 2.66. The predicted molar refractivity (Wildman–Crippen MR) is 72.9 cm³/mol. The van der Waals surface area contributed by atoms with Gasteiger partial charge in [0, 0.05) is 17.7 Å². The number of halogens is 1. The third-order valence-electron chi connectivity index (χ3n) is 3.39. The molecule has 1 aromatic rings. The molecule has 3 nitrogen and oxygen atoms in total. The number of hydrogen-bond donors (Lipinski definition) is 1. The molecular weight excluding hydrogens is 270 g/mol. The standard InChI is InChI=1S/C13H12ClNO2S/c14-13(6-1-2-7-17-13)9-5-3-4-8-10(9)11(16)15-12(8)18/h3-5H,1-2,6-7H2,(H,15,16,18). The zero-order valence-corrected chi connectivity index (χ0v) is 11.2. The van der Waals surface area contributed by atoms with Crippen molar-refractivity contribution in [2.75, 3.05) is 6.61 Å². The molecule has 5 heteroatoms. The summed E-state index contributed by atoms with van der Waals surface area (Å²) in [6.45, 7) is 0.624. The van der Waals surface area contributed by atoms with E-state index >= 15 is 0 Å². The highest BCUT2D eigenvalue weighted by Gasteiger charge is 2.39. The number of fused-ring (bicyclic) bond motifs is 1. The molecule has 0 aromatic heterocycles. The minimum atomic E-state index is -0.888. The van der Waals surface area contributed by atoms with E-state index < -0.39 is 5.06 Å². The molecule has 0 spiro atoms. The smallest absolute Gasteiger partial charge is 0.257 e. The largest absolute Gasteiger partial charge is 0.355 e. The van der Waals surface area contributed by atoms with E-state index in [1.54, 1.807) is 0 Å². The van der Waals surface area contributed by atoms with Crippen LogP contribution in [0.25, 0.3) is 0 Å². The topological polar surface area (TPSA) is 38.3 Å². The minimum Gasteiger partial charge on any atom is -0.355 e. The maximum atomic E-state index is 12.0. The third kappa shape index (κ3) is 1.76. The van der Waals surface area contributed by atoms with E-state index in [9.17, 15) is 4.79 Å². The van der Waals surface area contributed by atoms with Crippen LogP contribution in [0.2, 0.25) is 0 Å². The molecule has 2 heterocycles. The molecule has 0 aliphatic carbocycles. The van der Waals surface area contributed by atoms with Gasteiger partial charge in [0.25, 0.3) is 5.91 Å². The molecule has 0 bridgehead atoms. The molecular formula is C13H12ClNO2S. The number of rotatable bonds is 1. The molecule has 94 valence electrons. The highest BCUT2D eigenvalue weighted by Crippen LogP contribution is 2.42. The number of thiocarbonyl (C=S) groups is 1. The third-order valence-corrected chi connectivity index (χ3v) is 4.21. The van der Waals surface area contributed by atoms with Gasteiger partial charge in [-0.05, 0) is 19.3 Å². The summed E-state index contributed by atoms with van der Waals surface area (Å²) in [6.07, 6.45) is 2.72. The van der Waals surface area contributed by atoms with Crippen LogP contribution in [0.3, 0.4) is 0 Å². The number of nitrogens with one attached hydrogen (secondary N) is 1. The van der Waals surface area contributed by atoms with Crippen molar-refractivity contribution in [3.63, 3.8) is 0 Å². The van der Waals surface area contributed by atoms with Gasteiger partial charge in [0.05, 0.1) is 5.56 Å². The van der Waals surface area contributed by atoms with Gasteiger partial charge in [0.2, 0.25) is 0 Å². The average molecular weight is 282 g/mol. The lowest BCUT2D eigenvalue weighted by molar-refractivity contribution is -0.0207. The summed E-state index contributed by atoms with van der Waals surface area (Å²) in [5.41, 5.74) is 2.06. The second kappa shape index (κ2) is 4.30. The lowest BCUT2D eigenvalue weighted by Crippen LogP contribution is -2.30. The van der Waals surface area contributed by atoms with Crippen LogP contribution in [0.15, 0.2) is 18.2 Å². The molecule has 1 saturated heterocycles. The fraction of sp³-hybridized carbons (Fsp3) is 0.385. The second-order valence-electron chi connectivity index (χ2n) is 4.55. The number of benzene rings is 1. The maximum absolute atomic E-state index is 12.0. The van der Waals surface area contributed by atoms with E-state index in [0.29, 0.717) is 23.6 Å². The summed E-state index contributed by atoms with van der Waals surface area (Å²) in [6, 6.07) is 5.55. The number of hydrogen-bond acceptors (Lipinski definition) is 3. The summed E-state index contributed by atoms with van der Waals surface area (Å²) in [5, 5.41) is 1.77. The van der Waals surface area contributed by atoms with Crippen LogP contribution < -0.4 is 5.32 Å². The first-order valence-corrected chi connectivity index (χ1v) is 6.72. The molecule has 1 fully saturated rings. The Kier molecular flexibility index (Phi) is 2.88. The van der Waals surface area contributed by atoms with Gasteiger partial charge in [0.15, 0.2) is 5.06 Å². The molecule has 0 saturated carbocycles. The van der Waals surface area contributed by atoms with Crippen molar-refractivity contribution in [1.29, 1.82) is 0 Å². The van der Waals surface area contributed by atoms with Crippen molar-refractivity contribution >= 4 is 34.7 Å². The van der Waals surface area contributed by atoms with Crippen LogP contribution in [-0.2, 0) is 9.80 Å². The molecule has 1 N–H and O–H groups in total. The Morgan fingerprint density at radius 1 is 1.39 bits per heavy atom. The number of carbonyl (C=O) groups excluding carboxylic acids is 1. The summed E-state index contributed by atoms with van der Waals surface area (Å²) < 4.78 is 5.70. The van der Waals surface area contributed by atoms with Crippen LogP contribution in [0, 0.1) is 0 Å². The Bertz CT molecular complexity index is 538. The lowest BCUT2D eigenvalue weighted by atomic mass is 9.94. The summed E-state index contributed by atoms with van der Waals surface area (Å²) in [7, 11) is 0. The van der Waals surface area contributed by atoms with Crippen LogP contribution in [0.1, 0.15) is 40.7 Å². The molecule has 3 rings (SSSR count). The van der Waals surface area contributed by atoms with Gasteiger partial charge in [0.1, 0.15) is 4.99 Å². The molecule has 1 atom stereocenters. The molecule has 1 aromatic carbocycles. The first-order chi connectivity index (χ1) is 8.62. The number of amides is 1. The fourth-order valence-electron chi connectivity index (χ4n) is 2.50. The van der Waals surface area contributed by atoms with Gasteiger partial charge in [-0.15, -0.1) is 0 Å². The molecule has 1 unspecified atom stereocenters. The first kappa shape index (κ1) is 12.1. The Morgan fingerprint density at radius 3 is 2.94 bits per heavy atom.